The zero-order valence-electron chi connectivity index (χ0n) is 20.3. The van der Waals surface area contributed by atoms with Gasteiger partial charge in [-0.1, -0.05) is 78.1 Å². The summed E-state index contributed by atoms with van der Waals surface area (Å²) in [6, 6.07) is 16.3. The summed E-state index contributed by atoms with van der Waals surface area (Å²) in [4.78, 5) is 3.51. The van der Waals surface area contributed by atoms with Gasteiger partial charge in [0.15, 0.2) is 0 Å². The topological polar surface area (TPSA) is 28.0 Å². The molecular weight excluding hydrogens is 410 g/mol. The molecule has 0 unspecified atom stereocenters. The van der Waals surface area contributed by atoms with Crippen molar-refractivity contribution in [1.82, 2.24) is 0 Å². The van der Waals surface area contributed by atoms with Crippen LogP contribution in [0.1, 0.15) is 90.9 Å². The van der Waals surface area contributed by atoms with Crippen molar-refractivity contribution >= 4 is 29.7 Å². The van der Waals surface area contributed by atoms with Gasteiger partial charge in [0.1, 0.15) is 0 Å². The van der Waals surface area contributed by atoms with Crippen LogP contribution in [0.15, 0.2) is 63.7 Å². The van der Waals surface area contributed by atoms with Gasteiger partial charge >= 0.3 is 0 Å². The Labute approximate surface area is 202 Å². The first kappa shape index (κ1) is 26.4. The number of thiol groups is 1. The van der Waals surface area contributed by atoms with Crippen LogP contribution in [-0.2, 0) is 0 Å². The Hall–Kier alpha value is -1.81. The summed E-state index contributed by atoms with van der Waals surface area (Å²) in [5.74, 6) is 0. The quantitative estimate of drug-likeness (QED) is 0.144. The molecule has 2 rings (SSSR count). The molecule has 0 atom stereocenters. The number of azo groups is 1. The van der Waals surface area contributed by atoms with Crippen molar-refractivity contribution in [1.29, 1.82) is 0 Å². The van der Waals surface area contributed by atoms with Crippen molar-refractivity contribution in [3.63, 3.8) is 0 Å². The first-order valence-corrected chi connectivity index (χ1v) is 13.2. The normalized spacial score (nSPS) is 11.3. The molecule has 0 radical (unpaired) electrons. The monoisotopic (exact) mass is 453 g/mol. The molecule has 3 nitrogen and oxygen atoms in total. The van der Waals surface area contributed by atoms with Crippen molar-refractivity contribution in [2.75, 3.05) is 18.0 Å². The van der Waals surface area contributed by atoms with Crippen molar-refractivity contribution in [2.45, 2.75) is 95.8 Å². The van der Waals surface area contributed by atoms with Gasteiger partial charge in [0.05, 0.1) is 11.4 Å². The van der Waals surface area contributed by atoms with Gasteiger partial charge in [0, 0.05) is 23.7 Å². The standard InChI is InChI=1S/C28H43N3S/c1-3-5-7-9-11-13-23-31(24-14-12-10-8-6-4-2)27-19-15-25(16-20-27)29-30-26-17-21-28(32)22-18-26/h15-22,32H,3-14,23-24H2,1-2H3/b30-29+. The Morgan fingerprint density at radius 3 is 1.44 bits per heavy atom. The van der Waals surface area contributed by atoms with Crippen LogP contribution in [0.2, 0.25) is 0 Å². The van der Waals surface area contributed by atoms with Gasteiger partial charge in [0.25, 0.3) is 0 Å². The highest BCUT2D eigenvalue weighted by atomic mass is 32.1. The third-order valence-corrected chi connectivity index (χ3v) is 6.21. The molecule has 32 heavy (non-hydrogen) atoms. The Morgan fingerprint density at radius 2 is 0.969 bits per heavy atom. The lowest BCUT2D eigenvalue weighted by Gasteiger charge is -2.25. The first-order chi connectivity index (χ1) is 15.7. The molecule has 4 heteroatoms. The molecule has 0 saturated heterocycles. The van der Waals surface area contributed by atoms with Crippen LogP contribution in [0.5, 0.6) is 0 Å². The molecule has 0 aliphatic carbocycles. The van der Waals surface area contributed by atoms with E-state index in [9.17, 15) is 0 Å². The van der Waals surface area contributed by atoms with Crippen molar-refractivity contribution in [2.24, 2.45) is 10.2 Å². The molecule has 176 valence electrons. The number of unbranched alkanes of at least 4 members (excludes halogenated alkanes) is 10. The van der Waals surface area contributed by atoms with Crippen LogP contribution in [0, 0.1) is 0 Å². The van der Waals surface area contributed by atoms with E-state index in [1.807, 2.05) is 24.3 Å². The smallest absolute Gasteiger partial charge is 0.0858 e. The summed E-state index contributed by atoms with van der Waals surface area (Å²) in [5, 5.41) is 8.74. The third-order valence-electron chi connectivity index (χ3n) is 5.91. The fourth-order valence-corrected chi connectivity index (χ4v) is 4.05. The van der Waals surface area contributed by atoms with Crippen LogP contribution in [-0.4, -0.2) is 13.1 Å². The van der Waals surface area contributed by atoms with Gasteiger partial charge in [-0.2, -0.15) is 10.2 Å². The van der Waals surface area contributed by atoms with Crippen LogP contribution in [0.25, 0.3) is 0 Å². The maximum Gasteiger partial charge on any atom is 0.0858 e. The minimum atomic E-state index is 0.847. The number of hydrogen-bond acceptors (Lipinski definition) is 4. The van der Waals surface area contributed by atoms with Crippen molar-refractivity contribution < 1.29 is 0 Å². The van der Waals surface area contributed by atoms with E-state index in [4.69, 9.17) is 0 Å². The number of anilines is 1. The van der Waals surface area contributed by atoms with E-state index in [-0.39, 0.29) is 0 Å². The average molecular weight is 454 g/mol. The summed E-state index contributed by atoms with van der Waals surface area (Å²) in [6.07, 6.45) is 16.1. The van der Waals surface area contributed by atoms with Gasteiger partial charge in [-0.25, -0.2) is 0 Å². The predicted molar refractivity (Wildman–Crippen MR) is 143 cm³/mol. The van der Waals surface area contributed by atoms with E-state index in [1.165, 1.54) is 82.7 Å². The molecule has 0 amide bonds. The Bertz CT molecular complexity index is 724. The maximum atomic E-state index is 4.40. The average Bonchev–Trinajstić information content (AvgIpc) is 2.82. The predicted octanol–water partition coefficient (Wildman–Crippen LogP) is 9.92. The largest absolute Gasteiger partial charge is 0.372 e. The van der Waals surface area contributed by atoms with E-state index >= 15 is 0 Å². The third kappa shape index (κ3) is 11.2. The van der Waals surface area contributed by atoms with Gasteiger partial charge in [-0.15, -0.1) is 12.6 Å². The molecule has 0 fully saturated rings. The molecule has 2 aromatic carbocycles. The van der Waals surface area contributed by atoms with Crippen LogP contribution in [0.3, 0.4) is 0 Å². The molecule has 0 bridgehead atoms. The summed E-state index contributed by atoms with van der Waals surface area (Å²) in [6.45, 7) is 6.86. The Morgan fingerprint density at radius 1 is 0.562 bits per heavy atom. The highest BCUT2D eigenvalue weighted by Crippen LogP contribution is 2.24. The molecule has 0 aliphatic rings. The van der Waals surface area contributed by atoms with E-state index in [0.717, 1.165) is 29.4 Å². The minimum Gasteiger partial charge on any atom is -0.372 e. The molecule has 0 saturated carbocycles. The van der Waals surface area contributed by atoms with Gasteiger partial charge < -0.3 is 4.90 Å². The van der Waals surface area contributed by atoms with E-state index in [1.54, 1.807) is 0 Å². The fraction of sp³-hybridized carbons (Fsp3) is 0.571. The van der Waals surface area contributed by atoms with Gasteiger partial charge in [0.2, 0.25) is 0 Å². The minimum absolute atomic E-state index is 0.847. The van der Waals surface area contributed by atoms with E-state index in [0.29, 0.717) is 0 Å². The molecule has 0 heterocycles. The SMILES string of the molecule is CCCCCCCCN(CCCCCCCC)c1ccc(/N=N/c2ccc(S)cc2)cc1. The number of hydrogen-bond donors (Lipinski definition) is 1. The second-order valence-electron chi connectivity index (χ2n) is 8.76. The molecule has 0 aromatic heterocycles. The summed E-state index contributed by atoms with van der Waals surface area (Å²) < 4.78 is 0. The second kappa shape index (κ2) is 16.8. The zero-order valence-corrected chi connectivity index (χ0v) is 21.2. The maximum absolute atomic E-state index is 4.40. The van der Waals surface area contributed by atoms with Crippen LogP contribution >= 0.6 is 12.6 Å². The zero-order chi connectivity index (χ0) is 22.9. The van der Waals surface area contributed by atoms with Crippen LogP contribution < -0.4 is 4.90 Å². The van der Waals surface area contributed by atoms with E-state index in [2.05, 4.69) is 65.9 Å². The lowest BCUT2D eigenvalue weighted by Crippen LogP contribution is -2.25. The molecule has 0 N–H and O–H groups in total. The van der Waals surface area contributed by atoms with Gasteiger partial charge in [-0.05, 0) is 61.4 Å². The van der Waals surface area contributed by atoms with Crippen molar-refractivity contribution in [3.8, 4) is 0 Å². The number of nitrogens with zero attached hydrogens (tertiary/aromatic N) is 3. The highest BCUT2D eigenvalue weighted by Gasteiger charge is 2.07. The Kier molecular flexibility index (Phi) is 13.9. The second-order valence-corrected chi connectivity index (χ2v) is 9.27. The Balaban J connectivity index is 1.89. The summed E-state index contributed by atoms with van der Waals surface area (Å²) in [7, 11) is 0. The number of benzene rings is 2. The fourth-order valence-electron chi connectivity index (χ4n) is 3.90. The molecule has 0 aliphatic heterocycles. The van der Waals surface area contributed by atoms with Gasteiger partial charge in [-0.3, -0.25) is 0 Å². The number of rotatable bonds is 17. The molecule has 2 aromatic rings. The lowest BCUT2D eigenvalue weighted by atomic mass is 10.1. The van der Waals surface area contributed by atoms with E-state index < -0.39 is 0 Å². The summed E-state index contributed by atoms with van der Waals surface area (Å²) in [5.41, 5.74) is 3.05. The lowest BCUT2D eigenvalue weighted by molar-refractivity contribution is 0.575. The molecular formula is C28H43N3S. The van der Waals surface area contributed by atoms with Crippen molar-refractivity contribution in [3.05, 3.63) is 48.5 Å². The summed E-state index contributed by atoms with van der Waals surface area (Å²) >= 11 is 4.31. The first-order valence-electron chi connectivity index (χ1n) is 12.8. The highest BCUT2D eigenvalue weighted by molar-refractivity contribution is 7.80. The molecule has 0 spiro atoms. The van der Waals surface area contributed by atoms with Crippen LogP contribution in [0.4, 0.5) is 17.1 Å².